The van der Waals surface area contributed by atoms with Crippen LogP contribution in [0.3, 0.4) is 0 Å². The van der Waals surface area contributed by atoms with Gasteiger partial charge in [0.2, 0.25) is 5.91 Å². The van der Waals surface area contributed by atoms with Gasteiger partial charge in [-0.05, 0) is 33.2 Å². The Morgan fingerprint density at radius 1 is 1.41 bits per heavy atom. The van der Waals surface area contributed by atoms with Gasteiger partial charge in [-0.1, -0.05) is 32.6 Å². The molecule has 0 bridgehead atoms. The summed E-state index contributed by atoms with van der Waals surface area (Å²) in [6, 6.07) is 0.470. The zero-order chi connectivity index (χ0) is 12.7. The van der Waals surface area contributed by atoms with Gasteiger partial charge in [-0.25, -0.2) is 0 Å². The highest BCUT2D eigenvalue weighted by molar-refractivity contribution is 5.82. The molecule has 0 spiro atoms. The number of piperidine rings is 1. The summed E-state index contributed by atoms with van der Waals surface area (Å²) in [4.78, 5) is 14.2. The van der Waals surface area contributed by atoms with Gasteiger partial charge in [0, 0.05) is 12.6 Å². The van der Waals surface area contributed by atoms with Gasteiger partial charge in [0.1, 0.15) is 0 Å². The molecule has 0 aromatic rings. The third-order valence-corrected chi connectivity index (χ3v) is 3.83. The van der Waals surface area contributed by atoms with E-state index < -0.39 is 0 Å². The van der Waals surface area contributed by atoms with Crippen LogP contribution in [0, 0.1) is 0 Å². The number of hydrogen-bond acceptors (Lipinski definition) is 2. The number of unbranched alkanes of at least 4 members (excludes halogenated alkanes) is 3. The fraction of sp³-hybridized carbons (Fsp3) is 0.929. The minimum Gasteiger partial charge on any atom is -0.339 e. The number of amides is 1. The third-order valence-electron chi connectivity index (χ3n) is 3.83. The van der Waals surface area contributed by atoms with Crippen molar-refractivity contribution in [1.29, 1.82) is 0 Å². The van der Waals surface area contributed by atoms with Crippen LogP contribution in [-0.2, 0) is 4.79 Å². The Hall–Kier alpha value is -0.570. The van der Waals surface area contributed by atoms with Gasteiger partial charge >= 0.3 is 0 Å². The highest BCUT2D eigenvalue weighted by Gasteiger charge is 2.29. The molecule has 2 atom stereocenters. The summed E-state index contributed by atoms with van der Waals surface area (Å²) in [6.45, 7) is 5.38. The molecule has 0 aromatic carbocycles. The highest BCUT2D eigenvalue weighted by atomic mass is 16.2. The number of hydrogen-bond donors (Lipinski definition) is 1. The number of nitrogens with zero attached hydrogens (tertiary/aromatic N) is 1. The molecule has 3 nitrogen and oxygen atoms in total. The van der Waals surface area contributed by atoms with Crippen LogP contribution in [0.25, 0.3) is 0 Å². The smallest absolute Gasteiger partial charge is 0.239 e. The maximum absolute atomic E-state index is 12.2. The van der Waals surface area contributed by atoms with Crippen molar-refractivity contribution in [2.45, 2.75) is 70.9 Å². The second-order valence-electron chi connectivity index (χ2n) is 5.21. The van der Waals surface area contributed by atoms with E-state index in [4.69, 9.17) is 0 Å². The molecular weight excluding hydrogens is 212 g/mol. The number of likely N-dealkylation sites (N-methyl/N-ethyl adjacent to an activating group) is 1. The minimum atomic E-state index is 0.0573. The summed E-state index contributed by atoms with van der Waals surface area (Å²) in [7, 11) is 1.89. The van der Waals surface area contributed by atoms with Crippen LogP contribution >= 0.6 is 0 Å². The second kappa shape index (κ2) is 7.70. The lowest BCUT2D eigenvalue weighted by molar-refractivity contribution is -0.138. The van der Waals surface area contributed by atoms with Crippen molar-refractivity contribution in [3.63, 3.8) is 0 Å². The van der Waals surface area contributed by atoms with Gasteiger partial charge < -0.3 is 10.2 Å². The van der Waals surface area contributed by atoms with Gasteiger partial charge in [0.25, 0.3) is 0 Å². The predicted molar refractivity (Wildman–Crippen MR) is 72.0 cm³/mol. The summed E-state index contributed by atoms with van der Waals surface area (Å²) in [5, 5.41) is 3.12. The van der Waals surface area contributed by atoms with Crippen molar-refractivity contribution in [1.82, 2.24) is 10.2 Å². The van der Waals surface area contributed by atoms with Crippen LogP contribution in [0.5, 0.6) is 0 Å². The van der Waals surface area contributed by atoms with E-state index in [-0.39, 0.29) is 6.04 Å². The average Bonchev–Trinajstić information content (AvgIpc) is 2.34. The Morgan fingerprint density at radius 2 is 2.18 bits per heavy atom. The molecule has 2 unspecified atom stereocenters. The Morgan fingerprint density at radius 3 is 2.82 bits per heavy atom. The molecule has 0 aliphatic carbocycles. The van der Waals surface area contributed by atoms with Gasteiger partial charge in [-0.2, -0.15) is 0 Å². The number of carbonyl (C=O) groups is 1. The van der Waals surface area contributed by atoms with Crippen LogP contribution in [0.2, 0.25) is 0 Å². The lowest BCUT2D eigenvalue weighted by atomic mass is 10.0. The molecule has 1 N–H and O–H groups in total. The number of carbonyl (C=O) groups excluding carboxylic acids is 1. The van der Waals surface area contributed by atoms with E-state index in [1.54, 1.807) is 0 Å². The predicted octanol–water partition coefficient (Wildman–Crippen LogP) is 2.56. The van der Waals surface area contributed by atoms with Crippen molar-refractivity contribution in [3.05, 3.63) is 0 Å². The zero-order valence-electron chi connectivity index (χ0n) is 11.7. The molecule has 0 saturated carbocycles. The van der Waals surface area contributed by atoms with Crippen molar-refractivity contribution in [2.24, 2.45) is 0 Å². The van der Waals surface area contributed by atoms with Crippen molar-refractivity contribution < 1.29 is 4.79 Å². The fourth-order valence-corrected chi connectivity index (χ4v) is 2.63. The summed E-state index contributed by atoms with van der Waals surface area (Å²) in [5.74, 6) is 0.307. The third kappa shape index (κ3) is 4.30. The second-order valence-corrected chi connectivity index (χ2v) is 5.21. The quantitative estimate of drug-likeness (QED) is 0.694. The largest absolute Gasteiger partial charge is 0.339 e. The first kappa shape index (κ1) is 14.5. The highest BCUT2D eigenvalue weighted by Crippen LogP contribution is 2.18. The van der Waals surface area contributed by atoms with Gasteiger partial charge in [0.05, 0.1) is 6.04 Å². The maximum atomic E-state index is 12.2. The van der Waals surface area contributed by atoms with Crippen molar-refractivity contribution in [2.75, 3.05) is 13.6 Å². The lowest BCUT2D eigenvalue weighted by Crippen LogP contribution is -2.52. The first-order chi connectivity index (χ1) is 8.20. The van der Waals surface area contributed by atoms with Crippen LogP contribution in [0.1, 0.15) is 58.8 Å². The topological polar surface area (TPSA) is 32.3 Å². The molecule has 0 aromatic heterocycles. The van der Waals surface area contributed by atoms with Crippen LogP contribution in [0.4, 0.5) is 0 Å². The number of nitrogens with one attached hydrogen (secondary N) is 1. The van der Waals surface area contributed by atoms with E-state index in [1.165, 1.54) is 25.7 Å². The molecule has 1 heterocycles. The monoisotopic (exact) mass is 240 g/mol. The standard InChI is InChI=1S/C14H28N2O/c1-4-5-6-7-9-12(2)16-11-8-10-13(15-3)14(16)17/h12-13,15H,4-11H2,1-3H3. The Bertz CT molecular complexity index is 230. The van der Waals surface area contributed by atoms with E-state index in [0.29, 0.717) is 11.9 Å². The molecule has 1 saturated heterocycles. The van der Waals surface area contributed by atoms with E-state index in [0.717, 1.165) is 25.8 Å². The van der Waals surface area contributed by atoms with Crippen molar-refractivity contribution in [3.8, 4) is 0 Å². The average molecular weight is 240 g/mol. The summed E-state index contributed by atoms with van der Waals surface area (Å²) >= 11 is 0. The van der Waals surface area contributed by atoms with E-state index in [1.807, 2.05) is 7.05 Å². The lowest BCUT2D eigenvalue weighted by Gasteiger charge is -2.36. The molecule has 17 heavy (non-hydrogen) atoms. The van der Waals surface area contributed by atoms with Crippen LogP contribution in [-0.4, -0.2) is 36.5 Å². The van der Waals surface area contributed by atoms with E-state index >= 15 is 0 Å². The summed E-state index contributed by atoms with van der Waals surface area (Å²) in [5.41, 5.74) is 0. The molecule has 0 radical (unpaired) electrons. The molecule has 1 amide bonds. The molecule has 3 heteroatoms. The normalized spacial score (nSPS) is 22.9. The van der Waals surface area contributed by atoms with Crippen molar-refractivity contribution >= 4 is 5.91 Å². The first-order valence-electron chi connectivity index (χ1n) is 7.18. The summed E-state index contributed by atoms with van der Waals surface area (Å²) < 4.78 is 0. The Labute approximate surface area is 106 Å². The molecule has 100 valence electrons. The molecule has 1 aliphatic rings. The van der Waals surface area contributed by atoms with E-state index in [9.17, 15) is 4.79 Å². The molecule has 1 fully saturated rings. The minimum absolute atomic E-state index is 0.0573. The number of rotatable bonds is 7. The maximum Gasteiger partial charge on any atom is 0.239 e. The molecule has 1 rings (SSSR count). The molecular formula is C14H28N2O. The fourth-order valence-electron chi connectivity index (χ4n) is 2.63. The van der Waals surface area contributed by atoms with Crippen LogP contribution in [0.15, 0.2) is 0 Å². The SMILES string of the molecule is CCCCCCC(C)N1CCCC(NC)C1=O. The molecule has 1 aliphatic heterocycles. The van der Waals surface area contributed by atoms with Crippen LogP contribution < -0.4 is 5.32 Å². The number of likely N-dealkylation sites (tertiary alicyclic amines) is 1. The first-order valence-corrected chi connectivity index (χ1v) is 7.18. The summed E-state index contributed by atoms with van der Waals surface area (Å²) in [6.07, 6.45) is 8.44. The van der Waals surface area contributed by atoms with Gasteiger partial charge in [-0.3, -0.25) is 4.79 Å². The van der Waals surface area contributed by atoms with E-state index in [2.05, 4.69) is 24.1 Å². The Balaban J connectivity index is 2.34. The Kier molecular flexibility index (Phi) is 6.56. The van der Waals surface area contributed by atoms with Gasteiger partial charge in [-0.15, -0.1) is 0 Å². The van der Waals surface area contributed by atoms with Gasteiger partial charge in [0.15, 0.2) is 0 Å². The zero-order valence-corrected chi connectivity index (χ0v) is 11.7.